The second-order valence-corrected chi connectivity index (χ2v) is 7.44. The molecule has 2 N–H and O–H groups in total. The van der Waals surface area contributed by atoms with E-state index >= 15 is 0 Å². The van der Waals surface area contributed by atoms with Crippen LogP contribution in [0.3, 0.4) is 0 Å². The van der Waals surface area contributed by atoms with Crippen molar-refractivity contribution in [2.45, 2.75) is 19.5 Å². The molecule has 0 saturated carbocycles. The maximum Gasteiger partial charge on any atom is 0.191 e. The van der Waals surface area contributed by atoms with E-state index in [0.717, 1.165) is 30.0 Å². The van der Waals surface area contributed by atoms with Crippen LogP contribution in [0.25, 0.3) is 0 Å². The highest BCUT2D eigenvalue weighted by molar-refractivity contribution is 14.0. The van der Waals surface area contributed by atoms with Gasteiger partial charge in [0.15, 0.2) is 17.5 Å². The van der Waals surface area contributed by atoms with Gasteiger partial charge in [-0.15, -0.1) is 24.0 Å². The molecule has 7 nitrogen and oxygen atoms in total. The molecule has 1 fully saturated rings. The average molecular weight is 572 g/mol. The molecule has 0 radical (unpaired) electrons. The Hall–Kier alpha value is -2.11. The van der Waals surface area contributed by atoms with E-state index in [2.05, 4.69) is 20.5 Å². The van der Waals surface area contributed by atoms with Gasteiger partial charge in [0, 0.05) is 33.2 Å². The van der Waals surface area contributed by atoms with E-state index in [9.17, 15) is 4.39 Å². The molecule has 0 spiro atoms. The van der Waals surface area contributed by atoms with Crippen molar-refractivity contribution in [3.05, 3.63) is 59.4 Å². The first-order valence-electron chi connectivity index (χ1n) is 11.0. The van der Waals surface area contributed by atoms with Gasteiger partial charge in [-0.3, -0.25) is 9.89 Å². The number of ether oxygens (including phenoxy) is 3. The maximum absolute atomic E-state index is 13.5. The maximum atomic E-state index is 13.5. The largest absolute Gasteiger partial charge is 0.493 e. The van der Waals surface area contributed by atoms with Crippen LogP contribution in [-0.2, 0) is 11.3 Å². The molecule has 0 amide bonds. The third-order valence-corrected chi connectivity index (χ3v) is 5.42. The zero-order valence-electron chi connectivity index (χ0n) is 19.5. The van der Waals surface area contributed by atoms with Gasteiger partial charge in [-0.25, -0.2) is 4.39 Å². The summed E-state index contributed by atoms with van der Waals surface area (Å²) in [7, 11) is 3.38. The predicted octanol–water partition coefficient (Wildman–Crippen LogP) is 3.59. The molecule has 9 heteroatoms. The number of guanidine groups is 1. The molecule has 2 aromatic carbocycles. The molecule has 0 aromatic heterocycles. The Labute approximate surface area is 212 Å². The number of morpholine rings is 1. The summed E-state index contributed by atoms with van der Waals surface area (Å²) in [5.74, 6) is 1.90. The van der Waals surface area contributed by atoms with Crippen LogP contribution >= 0.6 is 24.0 Å². The Morgan fingerprint density at radius 1 is 1.12 bits per heavy atom. The van der Waals surface area contributed by atoms with Crippen molar-refractivity contribution in [1.29, 1.82) is 0 Å². The Balaban J connectivity index is 0.00000385. The van der Waals surface area contributed by atoms with E-state index in [0.29, 0.717) is 44.6 Å². The molecule has 1 atom stereocenters. The lowest BCUT2D eigenvalue weighted by Crippen LogP contribution is -2.46. The summed E-state index contributed by atoms with van der Waals surface area (Å²) in [5, 5.41) is 6.77. The Morgan fingerprint density at radius 2 is 1.85 bits per heavy atom. The van der Waals surface area contributed by atoms with Crippen LogP contribution < -0.4 is 20.1 Å². The van der Waals surface area contributed by atoms with Gasteiger partial charge in [0.1, 0.15) is 5.82 Å². The fourth-order valence-electron chi connectivity index (χ4n) is 3.73. The summed E-state index contributed by atoms with van der Waals surface area (Å²) < 4.78 is 30.0. The zero-order chi connectivity index (χ0) is 22.8. The summed E-state index contributed by atoms with van der Waals surface area (Å²) in [4.78, 5) is 6.71. The monoisotopic (exact) mass is 572 g/mol. The zero-order valence-corrected chi connectivity index (χ0v) is 21.8. The molecule has 3 rings (SSSR count). The SMILES string of the molecule is CCOc1cc(CNC(=NC)NCC(c2ccc(F)cc2)N2CCOCC2)ccc1OC.I. The minimum absolute atomic E-state index is 0. The molecule has 2 aromatic rings. The first-order valence-corrected chi connectivity index (χ1v) is 11.0. The van der Waals surface area contributed by atoms with Crippen LogP contribution in [0.4, 0.5) is 4.39 Å². The number of methoxy groups -OCH3 is 1. The highest BCUT2D eigenvalue weighted by atomic mass is 127. The first-order chi connectivity index (χ1) is 15.6. The van der Waals surface area contributed by atoms with Crippen LogP contribution in [0.15, 0.2) is 47.5 Å². The summed E-state index contributed by atoms with van der Waals surface area (Å²) in [6.45, 7) is 6.81. The molecule has 33 heavy (non-hydrogen) atoms. The standard InChI is InChI=1S/C24H33FN4O3.HI/c1-4-32-23-15-18(5-10-22(23)30-3)16-27-24(26-2)28-17-21(29-11-13-31-14-12-29)19-6-8-20(25)9-7-19;/h5-10,15,21H,4,11-14,16-17H2,1-3H3,(H2,26,27,28);1H. The third-order valence-electron chi connectivity index (χ3n) is 5.42. The van der Waals surface area contributed by atoms with Crippen molar-refractivity contribution in [3.8, 4) is 11.5 Å². The van der Waals surface area contributed by atoms with E-state index < -0.39 is 0 Å². The molecule has 182 valence electrons. The van der Waals surface area contributed by atoms with Crippen molar-refractivity contribution >= 4 is 29.9 Å². The Kier molecular flexibility index (Phi) is 11.7. The number of benzene rings is 2. The second-order valence-electron chi connectivity index (χ2n) is 7.44. The van der Waals surface area contributed by atoms with Gasteiger partial charge in [0.2, 0.25) is 0 Å². The van der Waals surface area contributed by atoms with Crippen molar-refractivity contribution in [3.63, 3.8) is 0 Å². The van der Waals surface area contributed by atoms with Crippen LogP contribution in [0, 0.1) is 5.82 Å². The molecule has 1 saturated heterocycles. The molecule has 1 heterocycles. The second kappa shape index (κ2) is 14.2. The predicted molar refractivity (Wildman–Crippen MR) is 139 cm³/mol. The Morgan fingerprint density at radius 3 is 2.48 bits per heavy atom. The number of nitrogens with one attached hydrogen (secondary N) is 2. The summed E-state index contributed by atoms with van der Waals surface area (Å²) in [6, 6.07) is 12.7. The van der Waals surface area contributed by atoms with Crippen molar-refractivity contribution in [1.82, 2.24) is 15.5 Å². The van der Waals surface area contributed by atoms with E-state index in [-0.39, 0.29) is 35.8 Å². The van der Waals surface area contributed by atoms with Crippen LogP contribution in [0.1, 0.15) is 24.1 Å². The van der Waals surface area contributed by atoms with E-state index in [4.69, 9.17) is 14.2 Å². The fourth-order valence-corrected chi connectivity index (χ4v) is 3.73. The highest BCUT2D eigenvalue weighted by Crippen LogP contribution is 2.28. The smallest absolute Gasteiger partial charge is 0.191 e. The first kappa shape index (κ1) is 27.1. The van der Waals surface area contributed by atoms with Gasteiger partial charge in [0.25, 0.3) is 0 Å². The van der Waals surface area contributed by atoms with Crippen LogP contribution in [0.2, 0.25) is 0 Å². The Bertz CT molecular complexity index is 877. The normalized spacial score (nSPS) is 15.3. The number of hydrogen-bond acceptors (Lipinski definition) is 5. The van der Waals surface area contributed by atoms with Gasteiger partial charge < -0.3 is 24.8 Å². The minimum atomic E-state index is -0.231. The average Bonchev–Trinajstić information content (AvgIpc) is 2.83. The van der Waals surface area contributed by atoms with Crippen LogP contribution in [-0.4, -0.2) is 64.5 Å². The molecule has 1 unspecified atom stereocenters. The van der Waals surface area contributed by atoms with Gasteiger partial charge >= 0.3 is 0 Å². The van der Waals surface area contributed by atoms with E-state index in [1.54, 1.807) is 14.2 Å². The minimum Gasteiger partial charge on any atom is -0.493 e. The number of nitrogens with zero attached hydrogens (tertiary/aromatic N) is 2. The lowest BCUT2D eigenvalue weighted by Gasteiger charge is -2.35. The highest BCUT2D eigenvalue weighted by Gasteiger charge is 2.23. The van der Waals surface area contributed by atoms with E-state index in [1.165, 1.54) is 12.1 Å². The number of halogens is 2. The van der Waals surface area contributed by atoms with Crippen molar-refractivity contribution in [2.24, 2.45) is 4.99 Å². The van der Waals surface area contributed by atoms with Crippen molar-refractivity contribution in [2.75, 3.05) is 53.6 Å². The fraction of sp³-hybridized carbons (Fsp3) is 0.458. The number of aliphatic imine (C=N–C) groups is 1. The third kappa shape index (κ3) is 8.01. The summed E-state index contributed by atoms with van der Waals surface area (Å²) in [6.07, 6.45) is 0. The quantitative estimate of drug-likeness (QED) is 0.272. The molecular weight excluding hydrogens is 538 g/mol. The molecule has 0 aliphatic carbocycles. The molecular formula is C24H34FIN4O3. The summed E-state index contributed by atoms with van der Waals surface area (Å²) >= 11 is 0. The lowest BCUT2D eigenvalue weighted by molar-refractivity contribution is 0.0170. The van der Waals surface area contributed by atoms with Gasteiger partial charge in [-0.05, 0) is 42.3 Å². The van der Waals surface area contributed by atoms with Gasteiger partial charge in [-0.1, -0.05) is 18.2 Å². The van der Waals surface area contributed by atoms with Gasteiger partial charge in [0.05, 0.1) is 33.0 Å². The summed E-state index contributed by atoms with van der Waals surface area (Å²) in [5.41, 5.74) is 2.12. The van der Waals surface area contributed by atoms with E-state index in [1.807, 2.05) is 37.3 Å². The van der Waals surface area contributed by atoms with Gasteiger partial charge in [-0.2, -0.15) is 0 Å². The lowest BCUT2D eigenvalue weighted by atomic mass is 10.0. The molecule has 1 aliphatic heterocycles. The number of rotatable bonds is 9. The molecule has 0 bridgehead atoms. The van der Waals surface area contributed by atoms with Crippen molar-refractivity contribution < 1.29 is 18.6 Å². The molecule has 1 aliphatic rings. The number of hydrogen-bond donors (Lipinski definition) is 2. The topological polar surface area (TPSA) is 67.4 Å². The van der Waals surface area contributed by atoms with Crippen LogP contribution in [0.5, 0.6) is 11.5 Å².